The van der Waals surface area contributed by atoms with Gasteiger partial charge in [-0.3, -0.25) is 0 Å². The standard InChI is InChI=1S/C14H24O3/c1-8-12-11(14(16-2)17-8)7-9-5-3-4-6-10(9)13(12)15/h8-15H,3-7H2,1-2H3/t8-,9+,10-,11-,12-,13+,14-/m0/s1. The lowest BCUT2D eigenvalue weighted by Crippen LogP contribution is -2.47. The molecule has 0 unspecified atom stereocenters. The van der Waals surface area contributed by atoms with Gasteiger partial charge in [0.05, 0.1) is 12.2 Å². The Morgan fingerprint density at radius 3 is 2.71 bits per heavy atom. The number of aliphatic hydroxyl groups is 1. The van der Waals surface area contributed by atoms with Crippen molar-refractivity contribution in [2.75, 3.05) is 7.11 Å². The van der Waals surface area contributed by atoms with Crippen molar-refractivity contribution in [1.29, 1.82) is 0 Å². The van der Waals surface area contributed by atoms with Gasteiger partial charge in [-0.2, -0.15) is 0 Å². The highest BCUT2D eigenvalue weighted by molar-refractivity contribution is 4.99. The molecule has 1 saturated heterocycles. The maximum absolute atomic E-state index is 10.6. The molecule has 17 heavy (non-hydrogen) atoms. The maximum atomic E-state index is 10.6. The lowest BCUT2D eigenvalue weighted by atomic mass is 9.61. The number of fused-ring (bicyclic) bond motifs is 2. The summed E-state index contributed by atoms with van der Waals surface area (Å²) < 4.78 is 11.3. The van der Waals surface area contributed by atoms with E-state index in [4.69, 9.17) is 9.47 Å². The Bertz CT molecular complexity index is 281. The maximum Gasteiger partial charge on any atom is 0.160 e. The summed E-state index contributed by atoms with van der Waals surface area (Å²) in [6.07, 6.45) is 6.19. The molecule has 0 bridgehead atoms. The molecule has 3 nitrogen and oxygen atoms in total. The van der Waals surface area contributed by atoms with Crippen molar-refractivity contribution < 1.29 is 14.6 Å². The van der Waals surface area contributed by atoms with Crippen molar-refractivity contribution in [3.8, 4) is 0 Å². The number of rotatable bonds is 1. The largest absolute Gasteiger partial charge is 0.392 e. The fraction of sp³-hybridized carbons (Fsp3) is 1.00. The van der Waals surface area contributed by atoms with Gasteiger partial charge in [0.25, 0.3) is 0 Å². The van der Waals surface area contributed by atoms with Gasteiger partial charge >= 0.3 is 0 Å². The van der Waals surface area contributed by atoms with Crippen LogP contribution in [0.3, 0.4) is 0 Å². The molecule has 0 spiro atoms. The number of hydrogen-bond donors (Lipinski definition) is 1. The fourth-order valence-corrected chi connectivity index (χ4v) is 4.58. The van der Waals surface area contributed by atoms with Crippen LogP contribution in [0.4, 0.5) is 0 Å². The molecule has 0 aromatic carbocycles. The molecule has 98 valence electrons. The Kier molecular flexibility index (Phi) is 3.18. The Labute approximate surface area is 103 Å². The van der Waals surface area contributed by atoms with Gasteiger partial charge in [-0.05, 0) is 31.6 Å². The molecule has 0 radical (unpaired) electrons. The van der Waals surface area contributed by atoms with E-state index in [0.29, 0.717) is 23.7 Å². The zero-order valence-electron chi connectivity index (χ0n) is 10.8. The van der Waals surface area contributed by atoms with Crippen molar-refractivity contribution in [2.24, 2.45) is 23.7 Å². The minimum absolute atomic E-state index is 0.0903. The number of hydrogen-bond acceptors (Lipinski definition) is 3. The average Bonchev–Trinajstić information content (AvgIpc) is 2.66. The first-order valence-corrected chi connectivity index (χ1v) is 7.08. The lowest BCUT2D eigenvalue weighted by Gasteiger charge is -2.45. The molecule has 0 amide bonds. The van der Waals surface area contributed by atoms with E-state index in [2.05, 4.69) is 6.92 Å². The number of methoxy groups -OCH3 is 1. The van der Waals surface area contributed by atoms with Crippen molar-refractivity contribution in [3.05, 3.63) is 0 Å². The monoisotopic (exact) mass is 240 g/mol. The topological polar surface area (TPSA) is 38.7 Å². The van der Waals surface area contributed by atoms with Crippen LogP contribution in [-0.2, 0) is 9.47 Å². The summed E-state index contributed by atoms with van der Waals surface area (Å²) in [7, 11) is 1.72. The Hall–Kier alpha value is -0.120. The molecule has 3 heteroatoms. The highest BCUT2D eigenvalue weighted by atomic mass is 16.7. The summed E-state index contributed by atoms with van der Waals surface area (Å²) in [4.78, 5) is 0. The van der Waals surface area contributed by atoms with Crippen molar-refractivity contribution in [1.82, 2.24) is 0 Å². The molecule has 1 N–H and O–H groups in total. The van der Waals surface area contributed by atoms with Crippen LogP contribution in [0.5, 0.6) is 0 Å². The van der Waals surface area contributed by atoms with Crippen molar-refractivity contribution in [3.63, 3.8) is 0 Å². The van der Waals surface area contributed by atoms with Crippen LogP contribution in [0.25, 0.3) is 0 Å². The van der Waals surface area contributed by atoms with Gasteiger partial charge < -0.3 is 14.6 Å². The molecule has 7 atom stereocenters. The van der Waals surface area contributed by atoms with Gasteiger partial charge in [0.1, 0.15) is 0 Å². The summed E-state index contributed by atoms with van der Waals surface area (Å²) in [5, 5.41) is 10.6. The summed E-state index contributed by atoms with van der Waals surface area (Å²) in [5.41, 5.74) is 0. The molecule has 0 aromatic rings. The average molecular weight is 240 g/mol. The molecule has 2 saturated carbocycles. The Morgan fingerprint density at radius 2 is 1.94 bits per heavy atom. The Morgan fingerprint density at radius 1 is 1.18 bits per heavy atom. The zero-order valence-corrected chi connectivity index (χ0v) is 10.8. The van der Waals surface area contributed by atoms with Crippen molar-refractivity contribution in [2.45, 2.75) is 57.5 Å². The SMILES string of the molecule is CO[C@H]1O[C@@H](C)[C@@H]2[C@H](O)[C@H]3CCCC[C@@H]3C[C@H]12. The van der Waals surface area contributed by atoms with E-state index in [1.54, 1.807) is 7.11 Å². The highest BCUT2D eigenvalue weighted by Gasteiger charge is 2.53. The summed E-state index contributed by atoms with van der Waals surface area (Å²) >= 11 is 0. The minimum atomic E-state index is -0.172. The van der Waals surface area contributed by atoms with Crippen LogP contribution in [-0.4, -0.2) is 30.7 Å². The smallest absolute Gasteiger partial charge is 0.160 e. The van der Waals surface area contributed by atoms with Crippen LogP contribution in [0.2, 0.25) is 0 Å². The normalized spacial score (nSPS) is 54.2. The second-order valence-electron chi connectivity index (χ2n) is 6.12. The second-order valence-corrected chi connectivity index (χ2v) is 6.12. The van der Waals surface area contributed by atoms with Crippen LogP contribution in [0.1, 0.15) is 39.0 Å². The van der Waals surface area contributed by atoms with E-state index in [1.165, 1.54) is 32.1 Å². The summed E-state index contributed by atoms with van der Waals surface area (Å²) in [5.74, 6) is 1.92. The zero-order chi connectivity index (χ0) is 12.0. The predicted molar refractivity (Wildman–Crippen MR) is 64.4 cm³/mol. The van der Waals surface area contributed by atoms with E-state index < -0.39 is 0 Å². The van der Waals surface area contributed by atoms with Gasteiger partial charge in [0.15, 0.2) is 6.29 Å². The first-order valence-electron chi connectivity index (χ1n) is 7.08. The molecule has 2 aliphatic carbocycles. The number of aliphatic hydroxyl groups excluding tert-OH is 1. The second kappa shape index (κ2) is 4.52. The first-order chi connectivity index (χ1) is 8.22. The van der Waals surface area contributed by atoms with Gasteiger partial charge in [-0.25, -0.2) is 0 Å². The molecule has 1 aliphatic heterocycles. The third-order valence-electron chi connectivity index (χ3n) is 5.34. The van der Waals surface area contributed by atoms with Gasteiger partial charge in [0, 0.05) is 18.9 Å². The van der Waals surface area contributed by atoms with E-state index in [9.17, 15) is 5.11 Å². The molecular weight excluding hydrogens is 216 g/mol. The van der Waals surface area contributed by atoms with Crippen LogP contribution in [0, 0.1) is 23.7 Å². The lowest BCUT2D eigenvalue weighted by molar-refractivity contribution is -0.133. The minimum Gasteiger partial charge on any atom is -0.392 e. The van der Waals surface area contributed by atoms with Crippen LogP contribution < -0.4 is 0 Å². The predicted octanol–water partition coefficient (Wildman–Crippen LogP) is 2.18. The molecule has 3 fully saturated rings. The van der Waals surface area contributed by atoms with Crippen LogP contribution >= 0.6 is 0 Å². The third-order valence-corrected chi connectivity index (χ3v) is 5.34. The third kappa shape index (κ3) is 1.83. The summed E-state index contributed by atoms with van der Waals surface area (Å²) in [6.45, 7) is 2.09. The fourth-order valence-electron chi connectivity index (χ4n) is 4.58. The first kappa shape index (κ1) is 11.9. The van der Waals surface area contributed by atoms with Crippen molar-refractivity contribution >= 4 is 0 Å². The molecule has 0 aromatic heterocycles. The van der Waals surface area contributed by atoms with Crippen LogP contribution in [0.15, 0.2) is 0 Å². The molecule has 3 rings (SSSR count). The molecule has 3 aliphatic rings. The number of ether oxygens (including phenoxy) is 2. The quantitative estimate of drug-likeness (QED) is 0.763. The van der Waals surface area contributed by atoms with E-state index in [1.807, 2.05) is 0 Å². The molecular formula is C14H24O3. The van der Waals surface area contributed by atoms with Gasteiger partial charge in [-0.1, -0.05) is 19.3 Å². The van der Waals surface area contributed by atoms with E-state index in [0.717, 1.165) is 0 Å². The highest BCUT2D eigenvalue weighted by Crippen LogP contribution is 2.51. The Balaban J connectivity index is 1.82. The van der Waals surface area contributed by atoms with E-state index >= 15 is 0 Å². The van der Waals surface area contributed by atoms with Gasteiger partial charge in [0.2, 0.25) is 0 Å². The van der Waals surface area contributed by atoms with E-state index in [-0.39, 0.29) is 18.5 Å². The summed E-state index contributed by atoms with van der Waals surface area (Å²) in [6, 6.07) is 0. The molecule has 1 heterocycles. The van der Waals surface area contributed by atoms with Gasteiger partial charge in [-0.15, -0.1) is 0 Å².